The molecule has 1 atom stereocenters. The van der Waals surface area contributed by atoms with Crippen LogP contribution in [0.5, 0.6) is 11.6 Å². The minimum atomic E-state index is -0.594. The van der Waals surface area contributed by atoms with Crippen LogP contribution >= 0.6 is 0 Å². The molecule has 94 valence electrons. The number of aryl methyl sites for hydroxylation is 1. The minimum Gasteiger partial charge on any atom is -0.439 e. The first-order chi connectivity index (χ1) is 8.70. The molecule has 0 radical (unpaired) electrons. The van der Waals surface area contributed by atoms with Crippen molar-refractivity contribution < 1.29 is 9.84 Å². The fourth-order valence-electron chi connectivity index (χ4n) is 1.75. The number of aliphatic hydroxyl groups is 1. The molecule has 0 amide bonds. The maximum Gasteiger partial charge on any atom is 0.225 e. The van der Waals surface area contributed by atoms with Crippen LogP contribution in [0.1, 0.15) is 31.1 Å². The zero-order valence-electron chi connectivity index (χ0n) is 10.6. The Morgan fingerprint density at radius 2 is 2.11 bits per heavy atom. The largest absolute Gasteiger partial charge is 0.439 e. The molecule has 0 unspecified atom stereocenters. The maximum atomic E-state index is 9.66. The highest BCUT2D eigenvalue weighted by Crippen LogP contribution is 2.27. The standard InChI is InChI=1S/C15H17NO2/c1-3-12-6-4-7-13(10-12)18-15-14(11(2)17)8-5-9-16-15/h4-11,17H,3H2,1-2H3/t11-/m0/s1. The average Bonchev–Trinajstić information content (AvgIpc) is 2.39. The molecule has 1 aromatic heterocycles. The van der Waals surface area contributed by atoms with E-state index in [0.29, 0.717) is 11.4 Å². The van der Waals surface area contributed by atoms with Crippen molar-refractivity contribution in [1.29, 1.82) is 0 Å². The van der Waals surface area contributed by atoms with Crippen LogP contribution in [-0.2, 0) is 6.42 Å². The second-order valence-electron chi connectivity index (χ2n) is 4.18. The van der Waals surface area contributed by atoms with Crippen molar-refractivity contribution in [3.05, 3.63) is 53.7 Å². The van der Waals surface area contributed by atoms with Gasteiger partial charge in [-0.15, -0.1) is 0 Å². The quantitative estimate of drug-likeness (QED) is 0.893. The second-order valence-corrected chi connectivity index (χ2v) is 4.18. The average molecular weight is 243 g/mol. The van der Waals surface area contributed by atoms with Crippen LogP contribution in [0.25, 0.3) is 0 Å². The topological polar surface area (TPSA) is 42.4 Å². The van der Waals surface area contributed by atoms with Gasteiger partial charge >= 0.3 is 0 Å². The lowest BCUT2D eigenvalue weighted by atomic mass is 10.1. The van der Waals surface area contributed by atoms with Gasteiger partial charge in [-0.05, 0) is 43.2 Å². The molecule has 2 aromatic rings. The van der Waals surface area contributed by atoms with Crippen molar-refractivity contribution in [3.63, 3.8) is 0 Å². The van der Waals surface area contributed by atoms with E-state index in [0.717, 1.165) is 12.2 Å². The molecule has 0 bridgehead atoms. The van der Waals surface area contributed by atoms with Crippen molar-refractivity contribution in [3.8, 4) is 11.6 Å². The van der Waals surface area contributed by atoms with Gasteiger partial charge in [0.15, 0.2) is 0 Å². The third-order valence-electron chi connectivity index (χ3n) is 2.77. The van der Waals surface area contributed by atoms with Crippen molar-refractivity contribution in [2.45, 2.75) is 26.4 Å². The van der Waals surface area contributed by atoms with Gasteiger partial charge in [-0.1, -0.05) is 19.1 Å². The highest BCUT2D eigenvalue weighted by molar-refractivity contribution is 5.35. The Morgan fingerprint density at radius 3 is 2.83 bits per heavy atom. The Morgan fingerprint density at radius 1 is 1.28 bits per heavy atom. The molecule has 18 heavy (non-hydrogen) atoms. The molecule has 0 saturated heterocycles. The fourth-order valence-corrected chi connectivity index (χ4v) is 1.75. The Balaban J connectivity index is 2.28. The summed E-state index contributed by atoms with van der Waals surface area (Å²) >= 11 is 0. The summed E-state index contributed by atoms with van der Waals surface area (Å²) in [4.78, 5) is 4.17. The zero-order chi connectivity index (χ0) is 13.0. The minimum absolute atomic E-state index is 0.459. The van der Waals surface area contributed by atoms with Crippen molar-refractivity contribution >= 4 is 0 Å². The molecule has 1 aromatic carbocycles. The first kappa shape index (κ1) is 12.6. The third-order valence-corrected chi connectivity index (χ3v) is 2.77. The number of nitrogens with zero attached hydrogens (tertiary/aromatic N) is 1. The van der Waals surface area contributed by atoms with E-state index >= 15 is 0 Å². The van der Waals surface area contributed by atoms with Gasteiger partial charge in [-0.2, -0.15) is 0 Å². The van der Waals surface area contributed by atoms with Crippen LogP contribution in [0, 0.1) is 0 Å². The number of aliphatic hydroxyl groups excluding tert-OH is 1. The van der Waals surface area contributed by atoms with Crippen LogP contribution in [-0.4, -0.2) is 10.1 Å². The monoisotopic (exact) mass is 243 g/mol. The number of ether oxygens (including phenoxy) is 1. The van der Waals surface area contributed by atoms with Crippen LogP contribution in [0.4, 0.5) is 0 Å². The lowest BCUT2D eigenvalue weighted by molar-refractivity contribution is 0.194. The lowest BCUT2D eigenvalue weighted by Gasteiger charge is -2.12. The smallest absolute Gasteiger partial charge is 0.225 e. The molecular weight excluding hydrogens is 226 g/mol. The highest BCUT2D eigenvalue weighted by atomic mass is 16.5. The molecule has 0 saturated carbocycles. The van der Waals surface area contributed by atoms with E-state index in [9.17, 15) is 5.11 Å². The molecule has 0 aliphatic carbocycles. The Bertz CT molecular complexity index is 523. The van der Waals surface area contributed by atoms with Gasteiger partial charge in [0.2, 0.25) is 5.88 Å². The highest BCUT2D eigenvalue weighted by Gasteiger charge is 2.10. The molecule has 0 spiro atoms. The molecule has 0 fully saturated rings. The number of pyridine rings is 1. The maximum absolute atomic E-state index is 9.66. The van der Waals surface area contributed by atoms with E-state index in [-0.39, 0.29) is 0 Å². The van der Waals surface area contributed by atoms with Gasteiger partial charge in [-0.25, -0.2) is 4.98 Å². The third kappa shape index (κ3) is 2.87. The van der Waals surface area contributed by atoms with Crippen LogP contribution < -0.4 is 4.74 Å². The molecule has 3 heteroatoms. The molecule has 3 nitrogen and oxygen atoms in total. The van der Waals surface area contributed by atoms with E-state index in [1.54, 1.807) is 19.2 Å². The molecule has 2 rings (SSSR count). The first-order valence-corrected chi connectivity index (χ1v) is 6.10. The zero-order valence-corrected chi connectivity index (χ0v) is 10.6. The molecule has 1 heterocycles. The summed E-state index contributed by atoms with van der Waals surface area (Å²) in [5.41, 5.74) is 1.90. The van der Waals surface area contributed by atoms with Crippen molar-refractivity contribution in [2.24, 2.45) is 0 Å². The second kappa shape index (κ2) is 5.65. The normalized spacial score (nSPS) is 12.2. The van der Waals surface area contributed by atoms with E-state index in [4.69, 9.17) is 4.74 Å². The van der Waals surface area contributed by atoms with E-state index < -0.39 is 6.10 Å². The number of benzene rings is 1. The Hall–Kier alpha value is -1.87. The van der Waals surface area contributed by atoms with Gasteiger partial charge in [-0.3, -0.25) is 0 Å². The van der Waals surface area contributed by atoms with Crippen LogP contribution in [0.15, 0.2) is 42.6 Å². The summed E-state index contributed by atoms with van der Waals surface area (Å²) in [5.74, 6) is 1.20. The summed E-state index contributed by atoms with van der Waals surface area (Å²) < 4.78 is 5.74. The summed E-state index contributed by atoms with van der Waals surface area (Å²) in [7, 11) is 0. The molecule has 0 aliphatic rings. The summed E-state index contributed by atoms with van der Waals surface area (Å²) in [6.07, 6.45) is 2.02. The number of hydrogen-bond acceptors (Lipinski definition) is 3. The van der Waals surface area contributed by atoms with E-state index in [1.807, 2.05) is 24.3 Å². The van der Waals surface area contributed by atoms with E-state index in [2.05, 4.69) is 18.0 Å². The first-order valence-electron chi connectivity index (χ1n) is 6.10. The predicted molar refractivity (Wildman–Crippen MR) is 70.8 cm³/mol. The van der Waals surface area contributed by atoms with Crippen molar-refractivity contribution in [2.75, 3.05) is 0 Å². The van der Waals surface area contributed by atoms with Crippen LogP contribution in [0.3, 0.4) is 0 Å². The number of rotatable bonds is 4. The van der Waals surface area contributed by atoms with Crippen LogP contribution in [0.2, 0.25) is 0 Å². The van der Waals surface area contributed by atoms with Gasteiger partial charge in [0.05, 0.1) is 6.10 Å². The van der Waals surface area contributed by atoms with Gasteiger partial charge < -0.3 is 9.84 Å². The lowest BCUT2D eigenvalue weighted by Crippen LogP contribution is -1.98. The summed E-state index contributed by atoms with van der Waals surface area (Å²) in [6, 6.07) is 11.5. The number of hydrogen-bond donors (Lipinski definition) is 1. The summed E-state index contributed by atoms with van der Waals surface area (Å²) in [6.45, 7) is 3.80. The van der Waals surface area contributed by atoms with Gasteiger partial charge in [0.25, 0.3) is 0 Å². The van der Waals surface area contributed by atoms with Crippen molar-refractivity contribution in [1.82, 2.24) is 4.98 Å². The molecule has 0 aliphatic heterocycles. The predicted octanol–water partition coefficient (Wildman–Crippen LogP) is 3.49. The molecule has 1 N–H and O–H groups in total. The Labute approximate surface area is 107 Å². The van der Waals surface area contributed by atoms with Gasteiger partial charge in [0.1, 0.15) is 5.75 Å². The SMILES string of the molecule is CCc1cccc(Oc2ncccc2[C@H](C)O)c1. The summed E-state index contributed by atoms with van der Waals surface area (Å²) in [5, 5.41) is 9.66. The fraction of sp³-hybridized carbons (Fsp3) is 0.267. The van der Waals surface area contributed by atoms with E-state index in [1.165, 1.54) is 5.56 Å². The number of aromatic nitrogens is 1. The molecular formula is C15H17NO2. The van der Waals surface area contributed by atoms with Gasteiger partial charge in [0, 0.05) is 11.8 Å². The Kier molecular flexibility index (Phi) is 3.95.